The molecule has 2 aromatic heterocycles. The van der Waals surface area contributed by atoms with Crippen LogP contribution < -0.4 is 10.8 Å². The summed E-state index contributed by atoms with van der Waals surface area (Å²) in [5, 5.41) is 2.70. The first-order valence-electron chi connectivity index (χ1n) is 15.7. The number of unbranched alkanes of at least 4 members (excludes halogenated alkanes) is 12. The molecule has 1 aliphatic heterocycles. The first kappa shape index (κ1) is 34.4. The average Bonchev–Trinajstić information content (AvgIpc) is 3.56. The van der Waals surface area contributed by atoms with Crippen LogP contribution in [-0.4, -0.2) is 50.3 Å². The van der Waals surface area contributed by atoms with E-state index in [0.717, 1.165) is 19.3 Å². The van der Waals surface area contributed by atoms with Crippen molar-refractivity contribution in [2.75, 3.05) is 18.9 Å². The van der Waals surface area contributed by atoms with Crippen LogP contribution in [0.4, 0.5) is 10.2 Å². The van der Waals surface area contributed by atoms with Crippen molar-refractivity contribution in [3.8, 4) is 0 Å². The van der Waals surface area contributed by atoms with Gasteiger partial charge in [-0.1, -0.05) is 84.0 Å². The molecular weight excluding hydrogens is 562 g/mol. The van der Waals surface area contributed by atoms with Crippen molar-refractivity contribution in [3.05, 3.63) is 12.4 Å². The Balaban J connectivity index is 1.24. The zero-order valence-electron chi connectivity index (χ0n) is 25.5. The molecule has 4 atom stereocenters. The summed E-state index contributed by atoms with van der Waals surface area (Å²) in [6.45, 7) is 6.12. The second-order valence-electron chi connectivity index (χ2n) is 11.6. The number of nitrogens with two attached hydrogens (primary N) is 1. The number of nitrogens with one attached hydrogen (secondary N) is 1. The zero-order valence-corrected chi connectivity index (χ0v) is 26.5. The molecule has 42 heavy (non-hydrogen) atoms. The molecule has 0 saturated carbocycles. The van der Waals surface area contributed by atoms with E-state index in [-0.39, 0.29) is 18.1 Å². The molecule has 2 aromatic rings. The summed E-state index contributed by atoms with van der Waals surface area (Å²) in [6.07, 6.45) is 17.6. The molecule has 13 heteroatoms. The lowest BCUT2D eigenvalue weighted by Gasteiger charge is -2.25. The lowest BCUT2D eigenvalue weighted by Crippen LogP contribution is -2.33. The molecule has 0 bridgehead atoms. The summed E-state index contributed by atoms with van der Waals surface area (Å²) in [6, 6.07) is -0.749. The molecule has 1 saturated heterocycles. The van der Waals surface area contributed by atoms with E-state index >= 15 is 0 Å². The van der Waals surface area contributed by atoms with Gasteiger partial charge in [0.15, 0.2) is 17.0 Å². The van der Waals surface area contributed by atoms with Crippen LogP contribution in [0.2, 0.25) is 0 Å². The van der Waals surface area contributed by atoms with Gasteiger partial charge in [-0.15, -0.1) is 0 Å². The standard InChI is InChI=1S/C29H50FN6O5P/c1-4-5-6-7-8-9-10-11-12-13-14-15-16-19-39-27(37)22(2)35-42(38)40-20-29(3)18-17-23(41-29)36-21-32-24-25(31)33-28(30)34-26(24)36/h21-23,42H,4-20H2,1-3H3,(H,35,38)(H2,31,33,34)/t22-,23+,29-/m0/s1. The highest BCUT2D eigenvalue weighted by molar-refractivity contribution is 7.36. The van der Waals surface area contributed by atoms with Gasteiger partial charge in [-0.25, -0.2) is 10.1 Å². The van der Waals surface area contributed by atoms with Gasteiger partial charge in [0.05, 0.1) is 25.1 Å². The minimum atomic E-state index is -2.72. The number of carbonyl (C=O) groups is 1. The maximum absolute atomic E-state index is 13.7. The largest absolute Gasteiger partial charge is 0.465 e. The van der Waals surface area contributed by atoms with Crippen molar-refractivity contribution >= 4 is 31.1 Å². The van der Waals surface area contributed by atoms with E-state index in [1.165, 1.54) is 70.5 Å². The third kappa shape index (κ3) is 11.2. The zero-order chi connectivity index (χ0) is 30.4. The predicted octanol–water partition coefficient (Wildman–Crippen LogP) is 6.63. The Morgan fingerprint density at radius 1 is 1.14 bits per heavy atom. The number of nitrogens with zero attached hydrogens (tertiary/aromatic N) is 4. The molecule has 238 valence electrons. The Hall–Kier alpha value is -2.14. The SMILES string of the molecule is CCCCCCCCCCCCCCCOC(=O)[C@H](C)N[PH](=O)OC[C@]1(C)CC[C@H](n2cnc3c(N)nc(F)nc32)O1. The number of hydrogen-bond donors (Lipinski definition) is 2. The quantitative estimate of drug-likeness (QED) is 0.0682. The van der Waals surface area contributed by atoms with E-state index in [9.17, 15) is 13.8 Å². The van der Waals surface area contributed by atoms with Crippen molar-refractivity contribution in [2.45, 2.75) is 135 Å². The number of carbonyl (C=O) groups excluding carboxylic acids is 1. The number of rotatable bonds is 21. The summed E-state index contributed by atoms with van der Waals surface area (Å²) in [4.78, 5) is 23.8. The number of nitrogen functional groups attached to an aromatic ring is 1. The van der Waals surface area contributed by atoms with E-state index in [2.05, 4.69) is 27.0 Å². The molecule has 1 fully saturated rings. The van der Waals surface area contributed by atoms with Gasteiger partial charge in [-0.05, 0) is 33.1 Å². The molecule has 0 radical (unpaired) electrons. The Bertz CT molecular complexity index is 1140. The molecule has 3 rings (SSSR count). The highest BCUT2D eigenvalue weighted by Crippen LogP contribution is 2.39. The van der Waals surface area contributed by atoms with Crippen molar-refractivity contribution in [1.82, 2.24) is 24.6 Å². The molecule has 3 N–H and O–H groups in total. The van der Waals surface area contributed by atoms with E-state index < -0.39 is 38.1 Å². The summed E-state index contributed by atoms with van der Waals surface area (Å²) >= 11 is 0. The maximum atomic E-state index is 13.7. The van der Waals surface area contributed by atoms with Gasteiger partial charge in [0.2, 0.25) is 0 Å². The topological polar surface area (TPSA) is 143 Å². The van der Waals surface area contributed by atoms with Crippen LogP contribution in [0.5, 0.6) is 0 Å². The third-order valence-electron chi connectivity index (χ3n) is 7.76. The second kappa shape index (κ2) is 17.9. The molecule has 1 unspecified atom stereocenters. The molecule has 0 spiro atoms. The van der Waals surface area contributed by atoms with Crippen LogP contribution in [0.15, 0.2) is 6.33 Å². The molecule has 11 nitrogen and oxygen atoms in total. The van der Waals surface area contributed by atoms with Crippen LogP contribution in [0.25, 0.3) is 11.2 Å². The lowest BCUT2D eigenvalue weighted by atomic mass is 10.0. The van der Waals surface area contributed by atoms with E-state index in [1.807, 2.05) is 6.92 Å². The Labute approximate surface area is 249 Å². The number of esters is 1. The Kier molecular flexibility index (Phi) is 14.6. The third-order valence-corrected chi connectivity index (χ3v) is 8.84. The number of fused-ring (bicyclic) bond motifs is 1. The predicted molar refractivity (Wildman–Crippen MR) is 162 cm³/mol. The average molecular weight is 613 g/mol. The Morgan fingerprint density at radius 3 is 2.40 bits per heavy atom. The van der Waals surface area contributed by atoms with Gasteiger partial charge in [0, 0.05) is 0 Å². The van der Waals surface area contributed by atoms with Crippen molar-refractivity contribution in [1.29, 1.82) is 0 Å². The lowest BCUT2D eigenvalue weighted by molar-refractivity contribution is -0.145. The molecular formula is C29H50FN6O5P. The van der Waals surface area contributed by atoms with Gasteiger partial charge in [0.1, 0.15) is 12.3 Å². The van der Waals surface area contributed by atoms with Crippen LogP contribution in [0.1, 0.15) is 123 Å². The minimum absolute atomic E-state index is 0.0398. The van der Waals surface area contributed by atoms with Gasteiger partial charge < -0.3 is 19.7 Å². The minimum Gasteiger partial charge on any atom is -0.465 e. The fraction of sp³-hybridized carbons (Fsp3) is 0.793. The second-order valence-corrected chi connectivity index (χ2v) is 12.8. The number of halogens is 1. The molecule has 1 aliphatic rings. The van der Waals surface area contributed by atoms with E-state index in [4.69, 9.17) is 19.7 Å². The van der Waals surface area contributed by atoms with E-state index in [1.54, 1.807) is 11.5 Å². The smallest absolute Gasteiger partial charge is 0.323 e. The number of anilines is 1. The highest BCUT2D eigenvalue weighted by Gasteiger charge is 2.38. The Morgan fingerprint density at radius 2 is 1.76 bits per heavy atom. The molecule has 0 amide bonds. The van der Waals surface area contributed by atoms with Gasteiger partial charge in [-0.3, -0.25) is 13.9 Å². The number of hydrogen-bond acceptors (Lipinski definition) is 9. The van der Waals surface area contributed by atoms with Crippen LogP contribution >= 0.6 is 8.18 Å². The number of ether oxygens (including phenoxy) is 2. The highest BCUT2D eigenvalue weighted by atomic mass is 31.1. The van der Waals surface area contributed by atoms with Crippen LogP contribution in [-0.2, 0) is 23.4 Å². The summed E-state index contributed by atoms with van der Waals surface area (Å²) in [5.74, 6) is -0.484. The van der Waals surface area contributed by atoms with Gasteiger partial charge in [-0.2, -0.15) is 14.4 Å². The summed E-state index contributed by atoms with van der Waals surface area (Å²) in [7, 11) is -2.72. The van der Waals surface area contributed by atoms with Crippen molar-refractivity contribution in [3.63, 3.8) is 0 Å². The van der Waals surface area contributed by atoms with Gasteiger partial charge >= 0.3 is 12.0 Å². The summed E-state index contributed by atoms with van der Waals surface area (Å²) < 4.78 is 44.9. The first-order chi connectivity index (χ1) is 20.2. The molecule has 3 heterocycles. The number of imidazole rings is 1. The molecule has 0 aromatic carbocycles. The maximum Gasteiger partial charge on any atom is 0.323 e. The summed E-state index contributed by atoms with van der Waals surface area (Å²) in [5.41, 5.74) is 5.56. The van der Waals surface area contributed by atoms with Gasteiger partial charge in [0.25, 0.3) is 8.18 Å². The molecule has 0 aliphatic carbocycles. The fourth-order valence-corrected chi connectivity index (χ4v) is 6.20. The first-order valence-corrected chi connectivity index (χ1v) is 17.0. The van der Waals surface area contributed by atoms with Crippen LogP contribution in [0.3, 0.4) is 0 Å². The fourth-order valence-electron chi connectivity index (χ4n) is 5.21. The normalized spacial score (nSPS) is 20.2. The number of aromatic nitrogens is 4. The monoisotopic (exact) mass is 612 g/mol. The van der Waals surface area contributed by atoms with Crippen molar-refractivity contribution < 1.29 is 27.7 Å². The van der Waals surface area contributed by atoms with Crippen LogP contribution in [0, 0.1) is 6.08 Å². The van der Waals surface area contributed by atoms with E-state index in [0.29, 0.717) is 25.0 Å². The van der Waals surface area contributed by atoms with Crippen molar-refractivity contribution in [2.24, 2.45) is 0 Å².